The van der Waals surface area contributed by atoms with Gasteiger partial charge in [0.2, 0.25) is 0 Å². The minimum Gasteiger partial charge on any atom is -0.497 e. The van der Waals surface area contributed by atoms with Crippen molar-refractivity contribution in [3.8, 4) is 5.75 Å². The maximum atomic E-state index is 6.40. The largest absolute Gasteiger partial charge is 0.497 e. The summed E-state index contributed by atoms with van der Waals surface area (Å²) >= 11 is 6.40. The molecule has 0 spiro atoms. The number of hydrogen-bond donors (Lipinski definition) is 0. The van der Waals surface area contributed by atoms with Gasteiger partial charge in [-0.05, 0) is 23.3 Å². The van der Waals surface area contributed by atoms with E-state index in [-0.39, 0.29) is 5.38 Å². The second kappa shape index (κ2) is 5.04. The van der Waals surface area contributed by atoms with E-state index in [0.717, 1.165) is 16.9 Å². The molecule has 2 rings (SSSR count). The van der Waals surface area contributed by atoms with Crippen LogP contribution in [0.5, 0.6) is 5.75 Å². The highest BCUT2D eigenvalue weighted by Gasteiger charge is 2.10. The molecule has 1 unspecified atom stereocenters. The summed E-state index contributed by atoms with van der Waals surface area (Å²) in [6.07, 6.45) is 0. The van der Waals surface area contributed by atoms with Gasteiger partial charge in [-0.15, -0.1) is 11.6 Å². The molecular weight excluding hydrogens is 220 g/mol. The van der Waals surface area contributed by atoms with Crippen LogP contribution in [0.3, 0.4) is 0 Å². The Morgan fingerprint density at radius 1 is 0.938 bits per heavy atom. The van der Waals surface area contributed by atoms with Crippen molar-refractivity contribution in [1.82, 2.24) is 0 Å². The van der Waals surface area contributed by atoms with Crippen molar-refractivity contribution in [1.29, 1.82) is 0 Å². The summed E-state index contributed by atoms with van der Waals surface area (Å²) in [5.41, 5.74) is 2.14. The molecule has 2 aromatic carbocycles. The molecule has 0 aromatic heterocycles. The summed E-state index contributed by atoms with van der Waals surface area (Å²) in [5, 5.41) is -0.128. The molecule has 0 heterocycles. The minimum absolute atomic E-state index is 0.128. The molecule has 0 saturated carbocycles. The molecule has 0 radical (unpaired) electrons. The molecule has 2 heteroatoms. The molecule has 0 fully saturated rings. The van der Waals surface area contributed by atoms with Gasteiger partial charge < -0.3 is 4.74 Å². The Balaban J connectivity index is 2.30. The Bertz CT molecular complexity index is 453. The van der Waals surface area contributed by atoms with Crippen LogP contribution < -0.4 is 4.74 Å². The van der Waals surface area contributed by atoms with Gasteiger partial charge in [-0.1, -0.05) is 42.5 Å². The highest BCUT2D eigenvalue weighted by atomic mass is 35.5. The van der Waals surface area contributed by atoms with Crippen LogP contribution in [0, 0.1) is 0 Å². The molecule has 0 aliphatic rings. The maximum absolute atomic E-state index is 6.40. The lowest BCUT2D eigenvalue weighted by atomic mass is 10.0. The van der Waals surface area contributed by atoms with Gasteiger partial charge in [-0.25, -0.2) is 0 Å². The van der Waals surface area contributed by atoms with Crippen LogP contribution in [0.2, 0.25) is 0 Å². The topological polar surface area (TPSA) is 9.23 Å². The molecular formula is C14H13ClO. The fourth-order valence-electron chi connectivity index (χ4n) is 1.61. The van der Waals surface area contributed by atoms with E-state index in [1.54, 1.807) is 7.11 Å². The lowest BCUT2D eigenvalue weighted by molar-refractivity contribution is 0.414. The molecule has 1 nitrogen and oxygen atoms in total. The number of methoxy groups -OCH3 is 1. The van der Waals surface area contributed by atoms with Gasteiger partial charge in [-0.2, -0.15) is 0 Å². The first kappa shape index (κ1) is 11.0. The summed E-state index contributed by atoms with van der Waals surface area (Å²) in [7, 11) is 1.66. The van der Waals surface area contributed by atoms with Crippen molar-refractivity contribution < 1.29 is 4.74 Å². The fraction of sp³-hybridized carbons (Fsp3) is 0.143. The van der Waals surface area contributed by atoms with Gasteiger partial charge in [0.25, 0.3) is 0 Å². The van der Waals surface area contributed by atoms with Crippen LogP contribution in [-0.2, 0) is 0 Å². The number of hydrogen-bond acceptors (Lipinski definition) is 1. The molecule has 1 atom stereocenters. The Kier molecular flexibility index (Phi) is 3.47. The van der Waals surface area contributed by atoms with Gasteiger partial charge in [0.1, 0.15) is 5.75 Å². The average molecular weight is 233 g/mol. The maximum Gasteiger partial charge on any atom is 0.119 e. The zero-order valence-electron chi connectivity index (χ0n) is 9.06. The lowest BCUT2D eigenvalue weighted by Crippen LogP contribution is -1.93. The van der Waals surface area contributed by atoms with E-state index in [1.807, 2.05) is 54.6 Å². The van der Waals surface area contributed by atoms with Gasteiger partial charge in [0.05, 0.1) is 12.5 Å². The van der Waals surface area contributed by atoms with Crippen molar-refractivity contribution in [2.24, 2.45) is 0 Å². The van der Waals surface area contributed by atoms with Crippen LogP contribution in [0.15, 0.2) is 54.6 Å². The first-order valence-corrected chi connectivity index (χ1v) is 5.58. The second-order valence-corrected chi connectivity index (χ2v) is 3.99. The molecule has 0 aliphatic carbocycles. The van der Waals surface area contributed by atoms with Crippen LogP contribution in [0.25, 0.3) is 0 Å². The molecule has 0 aliphatic heterocycles. The smallest absolute Gasteiger partial charge is 0.119 e. The van der Waals surface area contributed by atoms with Crippen LogP contribution in [0.4, 0.5) is 0 Å². The van der Waals surface area contributed by atoms with E-state index in [4.69, 9.17) is 16.3 Å². The molecule has 0 amide bonds. The van der Waals surface area contributed by atoms with Gasteiger partial charge >= 0.3 is 0 Å². The predicted octanol–water partition coefficient (Wildman–Crippen LogP) is 4.02. The van der Waals surface area contributed by atoms with Crippen LogP contribution in [0.1, 0.15) is 16.5 Å². The Hall–Kier alpha value is -1.47. The van der Waals surface area contributed by atoms with Crippen molar-refractivity contribution in [3.05, 3.63) is 65.7 Å². The summed E-state index contributed by atoms with van der Waals surface area (Å²) in [4.78, 5) is 0. The summed E-state index contributed by atoms with van der Waals surface area (Å²) in [6, 6.07) is 17.9. The summed E-state index contributed by atoms with van der Waals surface area (Å²) in [6.45, 7) is 0. The van der Waals surface area contributed by atoms with E-state index in [9.17, 15) is 0 Å². The molecule has 82 valence electrons. The lowest BCUT2D eigenvalue weighted by Gasteiger charge is -2.11. The second-order valence-electron chi connectivity index (χ2n) is 3.55. The third kappa shape index (κ3) is 2.37. The Morgan fingerprint density at radius 3 is 2.31 bits per heavy atom. The minimum atomic E-state index is -0.128. The number of ether oxygens (including phenoxy) is 1. The first-order chi connectivity index (χ1) is 7.81. The third-order valence-corrected chi connectivity index (χ3v) is 2.98. The van der Waals surface area contributed by atoms with Crippen molar-refractivity contribution in [3.63, 3.8) is 0 Å². The molecule has 0 bridgehead atoms. The van der Waals surface area contributed by atoms with E-state index in [0.29, 0.717) is 0 Å². The summed E-state index contributed by atoms with van der Waals surface area (Å²) < 4.78 is 5.18. The van der Waals surface area contributed by atoms with E-state index < -0.39 is 0 Å². The third-order valence-electron chi connectivity index (χ3n) is 2.48. The Morgan fingerprint density at radius 2 is 1.62 bits per heavy atom. The van der Waals surface area contributed by atoms with Crippen LogP contribution >= 0.6 is 11.6 Å². The predicted molar refractivity (Wildman–Crippen MR) is 67.1 cm³/mol. The normalized spacial score (nSPS) is 12.1. The van der Waals surface area contributed by atoms with Gasteiger partial charge in [0.15, 0.2) is 0 Å². The molecule has 2 aromatic rings. The van der Waals surface area contributed by atoms with E-state index in [2.05, 4.69) is 0 Å². The Labute approximate surface area is 101 Å². The quantitative estimate of drug-likeness (QED) is 0.727. The zero-order chi connectivity index (χ0) is 11.4. The standard InChI is InChI=1S/C14H13ClO/c1-16-13-9-5-8-12(10-13)14(15)11-6-3-2-4-7-11/h2-10,14H,1H3. The first-order valence-electron chi connectivity index (χ1n) is 5.14. The average Bonchev–Trinajstić information content (AvgIpc) is 2.39. The van der Waals surface area contributed by atoms with E-state index in [1.165, 1.54) is 0 Å². The molecule has 0 saturated heterocycles. The fourth-order valence-corrected chi connectivity index (χ4v) is 1.89. The monoisotopic (exact) mass is 232 g/mol. The van der Waals surface area contributed by atoms with Gasteiger partial charge in [-0.3, -0.25) is 0 Å². The summed E-state index contributed by atoms with van der Waals surface area (Å²) in [5.74, 6) is 0.832. The number of alkyl halides is 1. The van der Waals surface area contributed by atoms with Crippen LogP contribution in [-0.4, -0.2) is 7.11 Å². The molecule has 16 heavy (non-hydrogen) atoms. The number of rotatable bonds is 3. The highest BCUT2D eigenvalue weighted by Crippen LogP contribution is 2.30. The van der Waals surface area contributed by atoms with E-state index >= 15 is 0 Å². The van der Waals surface area contributed by atoms with Gasteiger partial charge in [0, 0.05) is 0 Å². The van der Waals surface area contributed by atoms with Crippen molar-refractivity contribution in [2.75, 3.05) is 7.11 Å². The zero-order valence-corrected chi connectivity index (χ0v) is 9.82. The number of benzene rings is 2. The van der Waals surface area contributed by atoms with Crippen molar-refractivity contribution >= 4 is 11.6 Å². The highest BCUT2D eigenvalue weighted by molar-refractivity contribution is 6.22. The SMILES string of the molecule is COc1cccc(C(Cl)c2ccccc2)c1. The number of halogens is 1. The molecule has 0 N–H and O–H groups in total. The van der Waals surface area contributed by atoms with Crippen molar-refractivity contribution in [2.45, 2.75) is 5.38 Å².